The van der Waals surface area contributed by atoms with Crippen LogP contribution in [0.3, 0.4) is 0 Å². The molecule has 0 aliphatic rings. The van der Waals surface area contributed by atoms with Crippen molar-refractivity contribution in [1.29, 1.82) is 0 Å². The summed E-state index contributed by atoms with van der Waals surface area (Å²) in [5.74, 6) is -3.56. The summed E-state index contributed by atoms with van der Waals surface area (Å²) in [6.07, 6.45) is 0. The van der Waals surface area contributed by atoms with Crippen LogP contribution in [0.5, 0.6) is 0 Å². The molecule has 0 heterocycles. The van der Waals surface area contributed by atoms with E-state index in [1.165, 1.54) is 0 Å². The van der Waals surface area contributed by atoms with E-state index in [1.54, 1.807) is 0 Å². The summed E-state index contributed by atoms with van der Waals surface area (Å²) in [5.41, 5.74) is 0. The molecule has 72 valence electrons. The van der Waals surface area contributed by atoms with Gasteiger partial charge in [-0.1, -0.05) is 0 Å². The first-order chi connectivity index (χ1) is 5.82. The molecule has 13 heavy (non-hydrogen) atoms. The molecule has 0 spiro atoms. The van der Waals surface area contributed by atoms with Gasteiger partial charge in [-0.3, -0.25) is 0 Å². The highest BCUT2D eigenvalue weighted by molar-refractivity contribution is 7.69. The van der Waals surface area contributed by atoms with Gasteiger partial charge in [0.1, 0.15) is 5.82 Å². The molecule has 7 heteroatoms. The molecule has 1 rings (SSSR count). The van der Waals surface area contributed by atoms with E-state index in [9.17, 15) is 13.2 Å². The second-order valence-corrected chi connectivity index (χ2v) is 10.6. The van der Waals surface area contributed by atoms with E-state index in [4.69, 9.17) is 33.2 Å². The van der Waals surface area contributed by atoms with Crippen LogP contribution in [0, 0.1) is 17.5 Å². The van der Waals surface area contributed by atoms with Crippen molar-refractivity contribution in [2.45, 2.75) is 0 Å². The van der Waals surface area contributed by atoms with Crippen LogP contribution in [0.25, 0.3) is 0 Å². The molecule has 0 aliphatic heterocycles. The van der Waals surface area contributed by atoms with E-state index in [-0.39, 0.29) is 5.19 Å². The molecule has 0 aliphatic carbocycles. The minimum atomic E-state index is -3.50. The first-order valence-electron chi connectivity index (χ1n) is 3.04. The first-order valence-corrected chi connectivity index (χ1v) is 8.07. The van der Waals surface area contributed by atoms with Gasteiger partial charge in [-0.15, -0.1) is 33.2 Å². The molecule has 0 unspecified atom stereocenters. The Morgan fingerprint density at radius 1 is 0.846 bits per heavy atom. The van der Waals surface area contributed by atoms with E-state index in [2.05, 4.69) is 0 Å². The molecule has 0 atom stereocenters. The highest BCUT2D eigenvalue weighted by atomic mass is 35.8. The molecular weight excluding hydrogens is 264 g/mol. The van der Waals surface area contributed by atoms with E-state index >= 15 is 0 Å². The standard InChI is InChI=1S/C6H2Cl3F3Si/c7-13(8,9)6-2-4(11)3(10)1-5(6)12/h1-2H. The van der Waals surface area contributed by atoms with E-state index in [0.29, 0.717) is 12.1 Å². The highest BCUT2D eigenvalue weighted by Crippen LogP contribution is 2.22. The largest absolute Gasteiger partial charge is 0.375 e. The van der Waals surface area contributed by atoms with Gasteiger partial charge in [0, 0.05) is 11.3 Å². The van der Waals surface area contributed by atoms with Crippen LogP contribution in [0.15, 0.2) is 12.1 Å². The van der Waals surface area contributed by atoms with Crippen LogP contribution < -0.4 is 5.19 Å². The predicted molar refractivity (Wildman–Crippen MR) is 49.3 cm³/mol. The van der Waals surface area contributed by atoms with Crippen molar-refractivity contribution < 1.29 is 13.2 Å². The lowest BCUT2D eigenvalue weighted by Crippen LogP contribution is -2.33. The fraction of sp³-hybridized carbons (Fsp3) is 0. The molecule has 0 saturated heterocycles. The fourth-order valence-corrected chi connectivity index (χ4v) is 2.68. The van der Waals surface area contributed by atoms with Crippen molar-refractivity contribution in [2.24, 2.45) is 0 Å². The van der Waals surface area contributed by atoms with E-state index in [1.807, 2.05) is 0 Å². The Balaban J connectivity index is 3.32. The SMILES string of the molecule is Fc1cc(F)c([Si](Cl)(Cl)Cl)cc1F. The average Bonchev–Trinajstić information content (AvgIpc) is 1.94. The lowest BCUT2D eigenvalue weighted by Gasteiger charge is -2.09. The molecule has 0 aromatic heterocycles. The summed E-state index contributed by atoms with van der Waals surface area (Å²) < 4.78 is 37.9. The van der Waals surface area contributed by atoms with Gasteiger partial charge in [-0.05, 0) is 6.07 Å². The summed E-state index contributed by atoms with van der Waals surface area (Å²) in [4.78, 5) is 0. The quantitative estimate of drug-likeness (QED) is 0.416. The monoisotopic (exact) mass is 264 g/mol. The molecule has 0 nitrogen and oxygen atoms in total. The fourth-order valence-electron chi connectivity index (χ4n) is 0.740. The Morgan fingerprint density at radius 2 is 1.31 bits per heavy atom. The Kier molecular flexibility index (Phi) is 3.17. The summed E-state index contributed by atoms with van der Waals surface area (Å²) in [6.45, 7) is 0. The zero-order valence-electron chi connectivity index (χ0n) is 5.92. The third kappa shape index (κ3) is 2.53. The Labute approximate surface area is 87.3 Å². The molecule has 0 amide bonds. The van der Waals surface area contributed by atoms with Gasteiger partial charge in [-0.25, -0.2) is 13.2 Å². The van der Waals surface area contributed by atoms with Gasteiger partial charge in [0.25, 0.3) is 0 Å². The number of rotatable bonds is 1. The second kappa shape index (κ2) is 3.69. The lowest BCUT2D eigenvalue weighted by molar-refractivity contribution is 0.497. The minimum Gasteiger partial charge on any atom is -0.207 e. The number of benzene rings is 1. The number of halogens is 6. The van der Waals surface area contributed by atoms with Crippen LogP contribution in [0.4, 0.5) is 13.2 Å². The molecule has 0 fully saturated rings. The van der Waals surface area contributed by atoms with Crippen molar-refractivity contribution in [3.05, 3.63) is 29.6 Å². The minimum absolute atomic E-state index is 0.361. The lowest BCUT2D eigenvalue weighted by atomic mass is 10.3. The third-order valence-electron chi connectivity index (χ3n) is 1.32. The van der Waals surface area contributed by atoms with Gasteiger partial charge in [0.2, 0.25) is 0 Å². The van der Waals surface area contributed by atoms with Gasteiger partial charge in [-0.2, -0.15) is 0 Å². The van der Waals surface area contributed by atoms with Crippen LogP contribution in [-0.2, 0) is 0 Å². The molecule has 0 saturated carbocycles. The van der Waals surface area contributed by atoms with E-state index in [0.717, 1.165) is 0 Å². The summed E-state index contributed by atoms with van der Waals surface area (Å²) in [7, 11) is 0. The van der Waals surface area contributed by atoms with Crippen LogP contribution in [0.1, 0.15) is 0 Å². The summed E-state index contributed by atoms with van der Waals surface area (Å²) >= 11 is 16.3. The zero-order valence-corrected chi connectivity index (χ0v) is 9.19. The Morgan fingerprint density at radius 3 is 1.77 bits per heavy atom. The van der Waals surface area contributed by atoms with Crippen molar-refractivity contribution in [3.8, 4) is 0 Å². The summed E-state index contributed by atoms with van der Waals surface area (Å²) in [6, 6.07) is -2.56. The topological polar surface area (TPSA) is 0 Å². The molecule has 0 bridgehead atoms. The molecule has 0 radical (unpaired) electrons. The smallest absolute Gasteiger partial charge is 0.207 e. The van der Waals surface area contributed by atoms with Crippen molar-refractivity contribution in [3.63, 3.8) is 0 Å². The Bertz CT molecular complexity index is 337. The average molecular weight is 266 g/mol. The van der Waals surface area contributed by atoms with Crippen molar-refractivity contribution in [1.82, 2.24) is 0 Å². The molecule has 0 N–H and O–H groups in total. The van der Waals surface area contributed by atoms with Crippen LogP contribution in [0.2, 0.25) is 0 Å². The van der Waals surface area contributed by atoms with Gasteiger partial charge in [0.05, 0.1) is 0 Å². The maximum absolute atomic E-state index is 12.9. The molecule has 1 aromatic rings. The third-order valence-corrected chi connectivity index (χ3v) is 4.14. The van der Waals surface area contributed by atoms with Crippen molar-refractivity contribution in [2.75, 3.05) is 0 Å². The first kappa shape index (κ1) is 11.2. The van der Waals surface area contributed by atoms with E-state index < -0.39 is 23.5 Å². The molecular formula is C6H2Cl3F3Si. The number of hydrogen-bond donors (Lipinski definition) is 0. The summed E-state index contributed by atoms with van der Waals surface area (Å²) in [5, 5.41) is -0.378. The Hall–Kier alpha value is 0.0969. The maximum Gasteiger partial charge on any atom is 0.375 e. The van der Waals surface area contributed by atoms with Crippen molar-refractivity contribution >= 4 is 44.4 Å². The van der Waals surface area contributed by atoms with Gasteiger partial charge in [0.15, 0.2) is 11.6 Å². The van der Waals surface area contributed by atoms with Gasteiger partial charge < -0.3 is 0 Å². The van der Waals surface area contributed by atoms with Crippen LogP contribution in [-0.4, -0.2) is 6.00 Å². The normalized spacial score (nSPS) is 11.8. The number of hydrogen-bond acceptors (Lipinski definition) is 0. The second-order valence-electron chi connectivity index (χ2n) is 2.24. The highest BCUT2D eigenvalue weighted by Gasteiger charge is 2.32. The zero-order chi connectivity index (χ0) is 10.2. The predicted octanol–water partition coefficient (Wildman–Crippen LogP) is 2.97. The van der Waals surface area contributed by atoms with Gasteiger partial charge >= 0.3 is 6.00 Å². The molecule has 1 aromatic carbocycles. The maximum atomic E-state index is 12.9. The van der Waals surface area contributed by atoms with Crippen LogP contribution >= 0.6 is 33.2 Å².